The topological polar surface area (TPSA) is 174 Å². The molecule has 15 atom stereocenters. The van der Waals surface area contributed by atoms with Crippen LogP contribution in [0.2, 0.25) is 0 Å². The molecule has 5 aliphatic carbocycles. The summed E-state index contributed by atoms with van der Waals surface area (Å²) in [7, 11) is 5.94. The van der Waals surface area contributed by atoms with Crippen LogP contribution in [0.15, 0.2) is 30.3 Å². The third-order valence-electron chi connectivity index (χ3n) is 13.2. The fraction of sp³-hybridized carbons (Fsp3) is 0.765. The van der Waals surface area contributed by atoms with Crippen molar-refractivity contribution in [2.24, 2.45) is 28.6 Å². The van der Waals surface area contributed by atoms with E-state index >= 15 is 0 Å². The maximum absolute atomic E-state index is 13.8. The van der Waals surface area contributed by atoms with E-state index in [2.05, 4.69) is 4.90 Å². The number of rotatable bonds is 9. The molecule has 1 aliphatic heterocycles. The second-order valence-corrected chi connectivity index (χ2v) is 14.6. The SMILES string of the molecule is CCN1C[C@]2(COC)C(O)C[C@H](OC)[C@@]34[C@@H]2[C@@H](OC)[C@@H]([C@@H]13)[C@]1(OC(C)=O)[C@H]2[C@@H](OC(=O)c3ccccc3)[C@@](O)(C[C@]24O)[C@@H](OC)[C@@H]1O. The second-order valence-electron chi connectivity index (χ2n) is 14.6. The van der Waals surface area contributed by atoms with Gasteiger partial charge in [-0.15, -0.1) is 0 Å². The molecule has 5 saturated carbocycles. The number of fused-ring (bicyclic) bond motifs is 2. The highest BCUT2D eigenvalue weighted by atomic mass is 16.6. The van der Waals surface area contributed by atoms with Crippen molar-refractivity contribution in [1.82, 2.24) is 4.90 Å². The molecule has 0 aromatic heterocycles. The van der Waals surface area contributed by atoms with Gasteiger partial charge in [0.2, 0.25) is 0 Å². The first-order valence-electron chi connectivity index (χ1n) is 16.4. The molecule has 1 spiro atoms. The lowest BCUT2D eigenvalue weighted by molar-refractivity contribution is -0.355. The molecule has 1 aromatic rings. The first-order chi connectivity index (χ1) is 22.3. The van der Waals surface area contributed by atoms with Crippen LogP contribution in [0.1, 0.15) is 37.0 Å². The van der Waals surface area contributed by atoms with Gasteiger partial charge < -0.3 is 48.8 Å². The van der Waals surface area contributed by atoms with Gasteiger partial charge in [-0.05, 0) is 18.7 Å². The largest absolute Gasteiger partial charge is 0.455 e. The van der Waals surface area contributed by atoms with Gasteiger partial charge in [-0.25, -0.2) is 4.79 Å². The van der Waals surface area contributed by atoms with Crippen molar-refractivity contribution in [3.05, 3.63) is 35.9 Å². The zero-order chi connectivity index (χ0) is 33.9. The van der Waals surface area contributed by atoms with Gasteiger partial charge in [-0.2, -0.15) is 0 Å². The van der Waals surface area contributed by atoms with Gasteiger partial charge in [-0.1, -0.05) is 25.1 Å². The molecule has 6 aliphatic rings. The van der Waals surface area contributed by atoms with Gasteiger partial charge in [0.05, 0.1) is 42.0 Å². The number of hydrogen-bond acceptors (Lipinski definition) is 13. The predicted octanol–water partition coefficient (Wildman–Crippen LogP) is -0.237. The van der Waals surface area contributed by atoms with E-state index in [0.29, 0.717) is 13.1 Å². The summed E-state index contributed by atoms with van der Waals surface area (Å²) in [6.45, 7) is 4.15. The molecular weight excluding hydrogens is 614 g/mol. The molecule has 1 aromatic carbocycles. The smallest absolute Gasteiger partial charge is 0.338 e. The van der Waals surface area contributed by atoms with Crippen molar-refractivity contribution in [3.63, 3.8) is 0 Å². The fourth-order valence-corrected chi connectivity index (χ4v) is 12.3. The Morgan fingerprint density at radius 2 is 1.68 bits per heavy atom. The minimum Gasteiger partial charge on any atom is -0.455 e. The van der Waals surface area contributed by atoms with Crippen LogP contribution in [0.5, 0.6) is 0 Å². The highest BCUT2D eigenvalue weighted by Crippen LogP contribution is 2.81. The lowest BCUT2D eigenvalue weighted by Gasteiger charge is -2.72. The minimum absolute atomic E-state index is 0.119. The van der Waals surface area contributed by atoms with Crippen molar-refractivity contribution in [1.29, 1.82) is 0 Å². The van der Waals surface area contributed by atoms with E-state index in [4.69, 9.17) is 28.4 Å². The monoisotopic (exact) mass is 661 g/mol. The Morgan fingerprint density at radius 1 is 0.979 bits per heavy atom. The van der Waals surface area contributed by atoms with Crippen LogP contribution < -0.4 is 0 Å². The predicted molar refractivity (Wildman–Crippen MR) is 162 cm³/mol. The third kappa shape index (κ3) is 3.65. The average molecular weight is 662 g/mol. The number of methoxy groups -OCH3 is 4. The van der Waals surface area contributed by atoms with Crippen LogP contribution in [-0.4, -0.2) is 145 Å². The quantitative estimate of drug-likeness (QED) is 0.256. The van der Waals surface area contributed by atoms with E-state index in [1.54, 1.807) is 37.4 Å². The number of ether oxygens (including phenoxy) is 6. The molecule has 260 valence electrons. The van der Waals surface area contributed by atoms with Crippen molar-refractivity contribution >= 4 is 11.9 Å². The Morgan fingerprint density at radius 3 is 2.26 bits per heavy atom. The van der Waals surface area contributed by atoms with Crippen molar-refractivity contribution in [2.75, 3.05) is 48.1 Å². The van der Waals surface area contributed by atoms with E-state index in [-0.39, 0.29) is 18.6 Å². The Bertz CT molecular complexity index is 1410. The molecule has 47 heavy (non-hydrogen) atoms. The summed E-state index contributed by atoms with van der Waals surface area (Å²) in [6.07, 6.45) is -7.38. The first kappa shape index (κ1) is 33.3. The van der Waals surface area contributed by atoms with E-state index < -0.39 is 106 Å². The number of carbonyl (C=O) groups is 2. The summed E-state index contributed by atoms with van der Waals surface area (Å²) < 4.78 is 36.9. The van der Waals surface area contributed by atoms with Gasteiger partial charge in [0.25, 0.3) is 0 Å². The molecule has 1 unspecified atom stereocenters. The number of aliphatic hydroxyl groups is 4. The van der Waals surface area contributed by atoms with E-state index in [9.17, 15) is 30.0 Å². The number of likely N-dealkylation sites (tertiary alicyclic amines) is 1. The Labute approximate surface area is 274 Å². The maximum atomic E-state index is 13.8. The number of carbonyl (C=O) groups excluding carboxylic acids is 2. The molecule has 0 radical (unpaired) electrons. The molecule has 13 nitrogen and oxygen atoms in total. The van der Waals surface area contributed by atoms with Crippen LogP contribution >= 0.6 is 0 Å². The summed E-state index contributed by atoms with van der Waals surface area (Å²) in [5.41, 5.74) is -8.15. The Hall–Kier alpha value is -2.20. The lowest BCUT2D eigenvalue weighted by Crippen LogP contribution is -2.85. The standard InChI is InChI=1S/C34H47NO12/c1-7-35-15-30(16-42-3)19(37)13-20(43-4)33-23(30)22(44-5)21(25(33)35)34(47-17(2)36)24-27(46-29(39)18-11-9-8-10-12-18)31(40,14-32(24,33)41)28(45-6)26(34)38/h8-12,19-28,37-38,40-41H,7,13-16H2,1-6H3/t19?,20-,21-,22-,23+,24-,25+,26-,27+,28-,30-,31-,32-,33+,34-/m0/s1. The minimum atomic E-state index is -2.12. The van der Waals surface area contributed by atoms with Crippen LogP contribution in [0.4, 0.5) is 0 Å². The molecule has 7 rings (SSSR count). The van der Waals surface area contributed by atoms with Crippen LogP contribution in [0.25, 0.3) is 0 Å². The molecule has 0 amide bonds. The highest BCUT2D eigenvalue weighted by molar-refractivity contribution is 5.89. The van der Waals surface area contributed by atoms with Crippen LogP contribution in [-0.2, 0) is 33.2 Å². The number of hydrogen-bond donors (Lipinski definition) is 4. The summed E-state index contributed by atoms with van der Waals surface area (Å²) in [5, 5.41) is 51.1. The van der Waals surface area contributed by atoms with Crippen molar-refractivity contribution in [3.8, 4) is 0 Å². The molecule has 4 N–H and O–H groups in total. The molecule has 13 heteroatoms. The maximum Gasteiger partial charge on any atom is 0.338 e. The van der Waals surface area contributed by atoms with Gasteiger partial charge >= 0.3 is 11.9 Å². The van der Waals surface area contributed by atoms with Gasteiger partial charge in [0.15, 0.2) is 5.60 Å². The van der Waals surface area contributed by atoms with Crippen molar-refractivity contribution < 1.29 is 58.4 Å². The molecule has 1 saturated heterocycles. The average Bonchev–Trinajstić information content (AvgIpc) is 3.39. The molecule has 7 bridgehead atoms. The van der Waals surface area contributed by atoms with E-state index in [1.807, 2.05) is 6.92 Å². The van der Waals surface area contributed by atoms with E-state index in [0.717, 1.165) is 0 Å². The third-order valence-corrected chi connectivity index (χ3v) is 13.2. The van der Waals surface area contributed by atoms with Gasteiger partial charge in [-0.3, -0.25) is 9.69 Å². The summed E-state index contributed by atoms with van der Waals surface area (Å²) in [6, 6.07) is 7.64. The van der Waals surface area contributed by atoms with E-state index in [1.165, 1.54) is 28.3 Å². The number of benzene rings is 1. The molecule has 1 heterocycles. The summed E-state index contributed by atoms with van der Waals surface area (Å²) in [5.74, 6) is -4.34. The summed E-state index contributed by atoms with van der Waals surface area (Å²) >= 11 is 0. The number of esters is 2. The second kappa shape index (κ2) is 10.9. The van der Waals surface area contributed by atoms with Crippen LogP contribution in [0.3, 0.4) is 0 Å². The lowest BCUT2D eigenvalue weighted by atomic mass is 9.40. The number of piperidine rings is 1. The Balaban J connectivity index is 1.57. The first-order valence-corrected chi connectivity index (χ1v) is 16.4. The molecule has 6 fully saturated rings. The number of aliphatic hydroxyl groups excluding tert-OH is 2. The van der Waals surface area contributed by atoms with Crippen LogP contribution in [0, 0.1) is 28.6 Å². The zero-order valence-corrected chi connectivity index (χ0v) is 27.7. The normalized spacial score (nSPS) is 50.7. The Kier molecular flexibility index (Phi) is 7.72. The van der Waals surface area contributed by atoms with Gasteiger partial charge in [0, 0.05) is 83.5 Å². The number of nitrogens with zero attached hydrogens (tertiary/aromatic N) is 1. The van der Waals surface area contributed by atoms with Crippen molar-refractivity contribution in [2.45, 2.75) is 86.2 Å². The zero-order valence-electron chi connectivity index (χ0n) is 27.7. The molecular formula is C34H47NO12. The highest BCUT2D eigenvalue weighted by Gasteiger charge is 2.96. The summed E-state index contributed by atoms with van der Waals surface area (Å²) in [4.78, 5) is 29.2. The fourth-order valence-electron chi connectivity index (χ4n) is 12.3. The van der Waals surface area contributed by atoms with Gasteiger partial charge in [0.1, 0.15) is 23.9 Å².